The Morgan fingerprint density at radius 3 is 2.00 bits per heavy atom. The summed E-state index contributed by atoms with van der Waals surface area (Å²) in [6.45, 7) is 12.9. The quantitative estimate of drug-likeness (QED) is 0.732. The molecule has 3 aliphatic heterocycles. The summed E-state index contributed by atoms with van der Waals surface area (Å²) in [5, 5.41) is 0. The molecule has 0 N–H and O–H groups in total. The Morgan fingerprint density at radius 1 is 0.967 bits per heavy atom. The van der Waals surface area contributed by atoms with Crippen LogP contribution in [0.15, 0.2) is 29.2 Å². The van der Waals surface area contributed by atoms with Crippen LogP contribution in [0.2, 0.25) is 0 Å². The van der Waals surface area contributed by atoms with Gasteiger partial charge in [-0.3, -0.25) is 9.69 Å². The average molecular weight is 434 g/mol. The number of carbonyl (C=O) groups excluding carboxylic acids is 1. The summed E-state index contributed by atoms with van der Waals surface area (Å²) >= 11 is 0. The van der Waals surface area contributed by atoms with Gasteiger partial charge in [0.05, 0.1) is 10.9 Å². The zero-order valence-corrected chi connectivity index (χ0v) is 19.5. The van der Waals surface area contributed by atoms with Gasteiger partial charge in [-0.25, -0.2) is 8.42 Å². The molecule has 0 aromatic heterocycles. The lowest BCUT2D eigenvalue weighted by molar-refractivity contribution is -0.135. The van der Waals surface area contributed by atoms with Crippen LogP contribution in [0.3, 0.4) is 0 Å². The average Bonchev–Trinajstić information content (AvgIpc) is 3.42. The van der Waals surface area contributed by atoms with Crippen LogP contribution in [0.25, 0.3) is 0 Å². The maximum Gasteiger partial charge on any atom is 0.243 e. The van der Waals surface area contributed by atoms with Crippen LogP contribution in [-0.2, 0) is 20.2 Å². The molecule has 1 unspecified atom stereocenters. The fraction of sp³-hybridized carbons (Fsp3) is 0.696. The highest BCUT2D eigenvalue weighted by molar-refractivity contribution is 7.89. The minimum atomic E-state index is -3.47. The topological polar surface area (TPSA) is 60.9 Å². The molecule has 166 valence electrons. The standard InChI is InChI=1S/C23H35N3O3S/c1-17(22(27)24-11-5-6-12-24)25-13-18-15-26(16-19(18)14-25)30(28,29)21-9-7-20(8-10-21)23(2,3)4/h7-10,17-19H,5-6,11-16H2,1-4H3/t17?,18-,19+. The van der Waals surface area contributed by atoms with E-state index >= 15 is 0 Å². The Kier molecular flexibility index (Phi) is 5.75. The maximum absolute atomic E-state index is 13.2. The second kappa shape index (κ2) is 7.92. The summed E-state index contributed by atoms with van der Waals surface area (Å²) in [4.78, 5) is 17.4. The molecule has 1 aromatic carbocycles. The molecule has 7 heteroatoms. The van der Waals surface area contributed by atoms with E-state index in [1.54, 1.807) is 16.4 Å². The Balaban J connectivity index is 1.39. The van der Waals surface area contributed by atoms with Crippen molar-refractivity contribution in [2.24, 2.45) is 11.8 Å². The highest BCUT2D eigenvalue weighted by atomic mass is 32.2. The summed E-state index contributed by atoms with van der Waals surface area (Å²) in [5.74, 6) is 0.848. The fourth-order valence-electron chi connectivity index (χ4n) is 5.13. The molecule has 3 aliphatic rings. The molecule has 0 radical (unpaired) electrons. The van der Waals surface area contributed by atoms with Gasteiger partial charge in [-0.2, -0.15) is 4.31 Å². The smallest absolute Gasteiger partial charge is 0.243 e. The molecule has 3 heterocycles. The number of hydrogen-bond donors (Lipinski definition) is 0. The molecule has 3 atom stereocenters. The minimum absolute atomic E-state index is 0.000380. The van der Waals surface area contributed by atoms with Crippen molar-refractivity contribution < 1.29 is 13.2 Å². The highest BCUT2D eigenvalue weighted by Crippen LogP contribution is 2.35. The molecule has 30 heavy (non-hydrogen) atoms. The molecule has 0 spiro atoms. The van der Waals surface area contributed by atoms with Crippen molar-refractivity contribution in [3.8, 4) is 0 Å². The third kappa shape index (κ3) is 4.04. The molecule has 3 fully saturated rings. The molecule has 4 rings (SSSR count). The number of fused-ring (bicyclic) bond motifs is 1. The van der Waals surface area contributed by atoms with E-state index in [0.29, 0.717) is 29.8 Å². The molecule has 0 bridgehead atoms. The lowest BCUT2D eigenvalue weighted by Gasteiger charge is -2.29. The van der Waals surface area contributed by atoms with E-state index < -0.39 is 10.0 Å². The molecular weight excluding hydrogens is 398 g/mol. The van der Waals surface area contributed by atoms with Crippen molar-refractivity contribution >= 4 is 15.9 Å². The first-order valence-corrected chi connectivity index (χ1v) is 12.6. The van der Waals surface area contributed by atoms with Crippen LogP contribution >= 0.6 is 0 Å². The second-order valence-electron chi connectivity index (χ2n) is 10.3. The third-order valence-electron chi connectivity index (χ3n) is 7.16. The van der Waals surface area contributed by atoms with Crippen molar-refractivity contribution in [3.63, 3.8) is 0 Å². The van der Waals surface area contributed by atoms with Crippen LogP contribution in [-0.4, -0.2) is 73.7 Å². The van der Waals surface area contributed by atoms with E-state index in [4.69, 9.17) is 0 Å². The summed E-state index contributed by atoms with van der Waals surface area (Å²) in [7, 11) is -3.47. The Bertz CT molecular complexity index is 871. The molecule has 3 saturated heterocycles. The van der Waals surface area contributed by atoms with Crippen LogP contribution in [0.4, 0.5) is 0 Å². The van der Waals surface area contributed by atoms with Gasteiger partial charge >= 0.3 is 0 Å². The lowest BCUT2D eigenvalue weighted by Crippen LogP contribution is -2.46. The second-order valence-corrected chi connectivity index (χ2v) is 12.2. The summed E-state index contributed by atoms with van der Waals surface area (Å²) < 4.78 is 28.0. The van der Waals surface area contributed by atoms with Gasteiger partial charge in [-0.05, 0) is 54.7 Å². The van der Waals surface area contributed by atoms with E-state index in [9.17, 15) is 13.2 Å². The van der Waals surface area contributed by atoms with Crippen molar-refractivity contribution in [1.82, 2.24) is 14.1 Å². The monoisotopic (exact) mass is 433 g/mol. The molecule has 1 amide bonds. The summed E-state index contributed by atoms with van der Waals surface area (Å²) in [5.41, 5.74) is 1.13. The number of amides is 1. The van der Waals surface area contributed by atoms with E-state index in [1.807, 2.05) is 24.0 Å². The number of nitrogens with zero attached hydrogens (tertiary/aromatic N) is 3. The van der Waals surface area contributed by atoms with E-state index in [-0.39, 0.29) is 17.4 Å². The van der Waals surface area contributed by atoms with Gasteiger partial charge in [-0.1, -0.05) is 32.9 Å². The van der Waals surface area contributed by atoms with Crippen molar-refractivity contribution in [2.75, 3.05) is 39.3 Å². The van der Waals surface area contributed by atoms with Gasteiger partial charge < -0.3 is 4.90 Å². The number of sulfonamides is 1. The number of benzene rings is 1. The minimum Gasteiger partial charge on any atom is -0.341 e. The van der Waals surface area contributed by atoms with Crippen LogP contribution in [0, 0.1) is 11.8 Å². The Labute approximate surface area is 181 Å². The maximum atomic E-state index is 13.2. The highest BCUT2D eigenvalue weighted by Gasteiger charge is 2.46. The van der Waals surface area contributed by atoms with Gasteiger partial charge in [0.2, 0.25) is 15.9 Å². The number of rotatable bonds is 4. The van der Waals surface area contributed by atoms with Gasteiger partial charge in [0.25, 0.3) is 0 Å². The van der Waals surface area contributed by atoms with Crippen molar-refractivity contribution in [2.45, 2.75) is 56.9 Å². The largest absolute Gasteiger partial charge is 0.341 e. The first kappa shape index (κ1) is 21.8. The first-order chi connectivity index (χ1) is 14.1. The molecule has 1 aromatic rings. The molecule has 6 nitrogen and oxygen atoms in total. The molecular formula is C23H35N3O3S. The van der Waals surface area contributed by atoms with E-state index in [0.717, 1.165) is 44.6 Å². The van der Waals surface area contributed by atoms with Crippen LogP contribution in [0.1, 0.15) is 46.1 Å². The predicted octanol–water partition coefficient (Wildman–Crippen LogP) is 2.55. The fourth-order valence-corrected chi connectivity index (χ4v) is 6.69. The van der Waals surface area contributed by atoms with Gasteiger partial charge in [0.15, 0.2) is 0 Å². The van der Waals surface area contributed by atoms with Crippen LogP contribution < -0.4 is 0 Å². The number of likely N-dealkylation sites (tertiary alicyclic amines) is 2. The van der Waals surface area contributed by atoms with Crippen LogP contribution in [0.5, 0.6) is 0 Å². The molecule has 0 saturated carbocycles. The van der Waals surface area contributed by atoms with E-state index in [2.05, 4.69) is 25.7 Å². The number of carbonyl (C=O) groups is 1. The van der Waals surface area contributed by atoms with Gasteiger partial charge in [-0.15, -0.1) is 0 Å². The Morgan fingerprint density at radius 2 is 1.50 bits per heavy atom. The lowest BCUT2D eigenvalue weighted by atomic mass is 9.87. The zero-order valence-electron chi connectivity index (χ0n) is 18.7. The van der Waals surface area contributed by atoms with Gasteiger partial charge in [0, 0.05) is 39.3 Å². The summed E-state index contributed by atoms with van der Waals surface area (Å²) in [6.07, 6.45) is 2.21. The third-order valence-corrected chi connectivity index (χ3v) is 9.01. The van der Waals surface area contributed by atoms with Gasteiger partial charge in [0.1, 0.15) is 0 Å². The first-order valence-electron chi connectivity index (χ1n) is 11.2. The van der Waals surface area contributed by atoms with Crippen molar-refractivity contribution in [1.29, 1.82) is 0 Å². The molecule has 0 aliphatic carbocycles. The normalized spacial score (nSPS) is 26.9. The SMILES string of the molecule is CC(C(=O)N1CCCC1)N1C[C@@H]2CN(S(=O)(=O)c3ccc(C(C)(C)C)cc3)C[C@@H]2C1. The van der Waals surface area contributed by atoms with Crippen molar-refractivity contribution in [3.05, 3.63) is 29.8 Å². The Hall–Kier alpha value is -1.44. The summed E-state index contributed by atoms with van der Waals surface area (Å²) in [6, 6.07) is 7.23. The predicted molar refractivity (Wildman–Crippen MR) is 118 cm³/mol. The number of hydrogen-bond acceptors (Lipinski definition) is 4. The van der Waals surface area contributed by atoms with E-state index in [1.165, 1.54) is 0 Å². The zero-order chi connectivity index (χ0) is 21.7.